The first kappa shape index (κ1) is 32.2. The second-order valence-electron chi connectivity index (χ2n) is 14.6. The van der Waals surface area contributed by atoms with Gasteiger partial charge in [-0.25, -0.2) is 24.9 Å². The number of benzene rings is 8. The van der Waals surface area contributed by atoms with Gasteiger partial charge >= 0.3 is 0 Å². The molecule has 0 amide bonds. The average molecular weight is 742 g/mol. The van der Waals surface area contributed by atoms with E-state index in [1.807, 2.05) is 24.5 Å². The lowest BCUT2D eigenvalue weighted by Gasteiger charge is -2.12. The van der Waals surface area contributed by atoms with Crippen molar-refractivity contribution in [3.63, 3.8) is 0 Å². The Morgan fingerprint density at radius 1 is 0.345 bits per heavy atom. The molecule has 0 saturated heterocycles. The van der Waals surface area contributed by atoms with Gasteiger partial charge < -0.3 is 0 Å². The number of imidazole rings is 2. The van der Waals surface area contributed by atoms with Crippen LogP contribution < -0.4 is 0 Å². The van der Waals surface area contributed by atoms with Crippen molar-refractivity contribution in [2.75, 3.05) is 0 Å². The van der Waals surface area contributed by atoms with E-state index in [4.69, 9.17) is 24.9 Å². The lowest BCUT2D eigenvalue weighted by molar-refractivity contribution is 1.11. The summed E-state index contributed by atoms with van der Waals surface area (Å²) in [6.07, 6.45) is 3.89. The molecule has 0 atom stereocenters. The smallest absolute Gasteiger partial charge is 0.220 e. The molecule has 12 rings (SSSR count). The fourth-order valence-corrected chi connectivity index (χ4v) is 8.46. The van der Waals surface area contributed by atoms with Crippen molar-refractivity contribution >= 4 is 60.4 Å². The van der Waals surface area contributed by atoms with Gasteiger partial charge in [0.25, 0.3) is 0 Å². The Bertz CT molecular complexity index is 3570. The highest BCUT2D eigenvalue weighted by molar-refractivity contribution is 6.23. The van der Waals surface area contributed by atoms with Crippen LogP contribution in [-0.4, -0.2) is 33.9 Å². The van der Waals surface area contributed by atoms with Crippen LogP contribution in [0.4, 0.5) is 0 Å². The third-order valence-electron chi connectivity index (χ3n) is 11.2. The zero-order valence-electron chi connectivity index (χ0n) is 31.0. The highest BCUT2D eigenvalue weighted by Crippen LogP contribution is 2.36. The van der Waals surface area contributed by atoms with Gasteiger partial charge in [0.05, 0.1) is 22.1 Å². The first-order valence-electron chi connectivity index (χ1n) is 19.3. The van der Waals surface area contributed by atoms with Crippen LogP contribution in [0.25, 0.3) is 111 Å². The van der Waals surface area contributed by atoms with Gasteiger partial charge in [-0.05, 0) is 75.5 Å². The van der Waals surface area contributed by atoms with Gasteiger partial charge in [-0.3, -0.25) is 8.97 Å². The van der Waals surface area contributed by atoms with E-state index in [-0.39, 0.29) is 0 Å². The Morgan fingerprint density at radius 3 is 1.57 bits per heavy atom. The number of rotatable bonds is 5. The van der Waals surface area contributed by atoms with Crippen LogP contribution in [0.5, 0.6) is 0 Å². The van der Waals surface area contributed by atoms with E-state index in [0.717, 1.165) is 88.4 Å². The van der Waals surface area contributed by atoms with E-state index in [1.165, 1.54) is 11.1 Å². The molecule has 7 nitrogen and oxygen atoms in total. The van der Waals surface area contributed by atoms with E-state index in [9.17, 15) is 0 Å². The highest BCUT2D eigenvalue weighted by atomic mass is 15.2. The fraction of sp³-hybridized carbons (Fsp3) is 0. The van der Waals surface area contributed by atoms with Gasteiger partial charge in [0, 0.05) is 40.0 Å². The van der Waals surface area contributed by atoms with E-state index in [1.54, 1.807) is 0 Å². The number of nitrogens with zero attached hydrogens (tertiary/aromatic N) is 7. The maximum atomic E-state index is 5.31. The summed E-state index contributed by atoms with van der Waals surface area (Å²) >= 11 is 0. The Kier molecular flexibility index (Phi) is 7.09. The fourth-order valence-electron chi connectivity index (χ4n) is 8.46. The summed E-state index contributed by atoms with van der Waals surface area (Å²) in [4.78, 5) is 25.6. The van der Waals surface area contributed by atoms with Crippen molar-refractivity contribution in [2.45, 2.75) is 0 Å². The van der Waals surface area contributed by atoms with E-state index < -0.39 is 0 Å². The number of fused-ring (bicyclic) bond motifs is 11. The molecule has 0 unspecified atom stereocenters. The minimum Gasteiger partial charge on any atom is -0.278 e. The van der Waals surface area contributed by atoms with Crippen LogP contribution >= 0.6 is 0 Å². The third kappa shape index (κ3) is 5.04. The number of aromatic nitrogens is 7. The Balaban J connectivity index is 0.993. The molecule has 0 aliphatic rings. The summed E-state index contributed by atoms with van der Waals surface area (Å²) in [5.41, 5.74) is 13.2. The Hall–Kier alpha value is -8.03. The predicted octanol–water partition coefficient (Wildman–Crippen LogP) is 12.1. The van der Waals surface area contributed by atoms with Gasteiger partial charge in [-0.1, -0.05) is 133 Å². The molecule has 0 aliphatic heterocycles. The largest absolute Gasteiger partial charge is 0.278 e. The maximum absolute atomic E-state index is 5.31. The van der Waals surface area contributed by atoms with Gasteiger partial charge in [-0.15, -0.1) is 0 Å². The summed E-state index contributed by atoms with van der Waals surface area (Å²) in [6, 6.07) is 61.0. The molecule has 4 heterocycles. The SMILES string of the molecule is c1ccc(-c2ccc(-c3cccc(-c4ncc5c6ccccc6c6cnc(-c7cccc(-n8c9ccccc9n9c%10ccccc%10nc89)c7)nc6c5n4)c3)cc2)cc1. The van der Waals surface area contributed by atoms with Crippen LogP contribution in [-0.2, 0) is 0 Å². The van der Waals surface area contributed by atoms with Gasteiger partial charge in [0.15, 0.2) is 11.6 Å². The van der Waals surface area contributed by atoms with Crippen molar-refractivity contribution in [1.82, 2.24) is 33.9 Å². The summed E-state index contributed by atoms with van der Waals surface area (Å²) in [5, 5.41) is 4.03. The van der Waals surface area contributed by atoms with Crippen LogP contribution in [0.15, 0.2) is 188 Å². The Morgan fingerprint density at radius 2 is 0.862 bits per heavy atom. The highest BCUT2D eigenvalue weighted by Gasteiger charge is 2.19. The van der Waals surface area contributed by atoms with Crippen LogP contribution in [0.3, 0.4) is 0 Å². The standard InChI is InChI=1S/C51H31N7/c1-2-12-32(13-3-1)33-24-26-34(27-25-33)35-14-10-15-36(28-35)49-52-30-41-39-18-4-5-19-40(39)42-31-53-50(56-48(42)47(41)55-49)37-16-11-17-38(29-37)57-45-22-8-9-23-46(45)58-44-21-7-6-20-43(44)54-51(57)58/h1-31H. The molecule has 0 aliphatic carbocycles. The molecule has 270 valence electrons. The number of hydrogen-bond acceptors (Lipinski definition) is 5. The topological polar surface area (TPSA) is 73.8 Å². The molecular formula is C51H31N7. The monoisotopic (exact) mass is 741 g/mol. The van der Waals surface area contributed by atoms with E-state index in [2.05, 4.69) is 173 Å². The third-order valence-corrected chi connectivity index (χ3v) is 11.2. The number of hydrogen-bond donors (Lipinski definition) is 0. The van der Waals surface area contributed by atoms with E-state index in [0.29, 0.717) is 11.6 Å². The van der Waals surface area contributed by atoms with Crippen molar-refractivity contribution < 1.29 is 0 Å². The summed E-state index contributed by atoms with van der Waals surface area (Å²) < 4.78 is 4.45. The minimum absolute atomic E-state index is 0.619. The molecule has 4 aromatic heterocycles. The molecule has 8 aromatic carbocycles. The first-order valence-corrected chi connectivity index (χ1v) is 19.3. The zero-order chi connectivity index (χ0) is 38.2. The molecule has 0 N–H and O–H groups in total. The molecule has 0 saturated carbocycles. The second-order valence-corrected chi connectivity index (χ2v) is 14.6. The molecule has 0 bridgehead atoms. The second kappa shape index (κ2) is 12.8. The number of para-hydroxylation sites is 4. The zero-order valence-corrected chi connectivity index (χ0v) is 31.0. The summed E-state index contributed by atoms with van der Waals surface area (Å²) in [7, 11) is 0. The van der Waals surface area contributed by atoms with Gasteiger partial charge in [0.1, 0.15) is 11.0 Å². The summed E-state index contributed by atoms with van der Waals surface area (Å²) in [5.74, 6) is 2.12. The quantitative estimate of drug-likeness (QED) is 0.164. The lowest BCUT2D eigenvalue weighted by atomic mass is 9.99. The molecule has 12 aromatic rings. The van der Waals surface area contributed by atoms with Crippen LogP contribution in [0.2, 0.25) is 0 Å². The molecule has 0 fully saturated rings. The van der Waals surface area contributed by atoms with E-state index >= 15 is 0 Å². The van der Waals surface area contributed by atoms with Crippen molar-refractivity contribution in [2.24, 2.45) is 0 Å². The Labute approximate surface area is 332 Å². The molecule has 0 spiro atoms. The average Bonchev–Trinajstić information content (AvgIpc) is 3.84. The van der Waals surface area contributed by atoms with Crippen molar-refractivity contribution in [1.29, 1.82) is 0 Å². The first-order chi connectivity index (χ1) is 28.7. The van der Waals surface area contributed by atoms with Gasteiger partial charge in [-0.2, -0.15) is 0 Å². The normalized spacial score (nSPS) is 11.8. The van der Waals surface area contributed by atoms with Crippen molar-refractivity contribution in [3.05, 3.63) is 188 Å². The lowest BCUT2D eigenvalue weighted by Crippen LogP contribution is -1.98. The summed E-state index contributed by atoms with van der Waals surface area (Å²) in [6.45, 7) is 0. The molecule has 58 heavy (non-hydrogen) atoms. The van der Waals surface area contributed by atoms with Gasteiger partial charge in [0.2, 0.25) is 5.78 Å². The predicted molar refractivity (Wildman–Crippen MR) is 235 cm³/mol. The maximum Gasteiger partial charge on any atom is 0.220 e. The van der Waals surface area contributed by atoms with Crippen molar-refractivity contribution in [3.8, 4) is 50.7 Å². The van der Waals surface area contributed by atoms with Crippen LogP contribution in [0.1, 0.15) is 0 Å². The molecule has 0 radical (unpaired) electrons. The molecular weight excluding hydrogens is 711 g/mol. The minimum atomic E-state index is 0.619. The molecule has 7 heteroatoms. The van der Waals surface area contributed by atoms with Crippen LogP contribution in [0, 0.1) is 0 Å².